The van der Waals surface area contributed by atoms with E-state index in [0.717, 1.165) is 5.69 Å². The van der Waals surface area contributed by atoms with Gasteiger partial charge >= 0.3 is 0 Å². The average molecular weight is 252 g/mol. The van der Waals surface area contributed by atoms with Gasteiger partial charge in [-0.3, -0.25) is 15.0 Å². The summed E-state index contributed by atoms with van der Waals surface area (Å²) in [6, 6.07) is 6.36. The van der Waals surface area contributed by atoms with E-state index in [0.29, 0.717) is 18.4 Å². The van der Waals surface area contributed by atoms with E-state index in [9.17, 15) is 10.1 Å². The predicted molar refractivity (Wildman–Crippen MR) is 68.8 cm³/mol. The highest BCUT2D eigenvalue weighted by Crippen LogP contribution is 2.20. The van der Waals surface area contributed by atoms with Crippen LogP contribution in [-0.2, 0) is 0 Å². The van der Waals surface area contributed by atoms with E-state index < -0.39 is 4.92 Å². The zero-order valence-electron chi connectivity index (χ0n) is 9.29. The normalized spacial score (nSPS) is 16.8. The van der Waals surface area contributed by atoms with Crippen LogP contribution in [0.5, 0.6) is 0 Å². The summed E-state index contributed by atoms with van der Waals surface area (Å²) in [5.74, 6) is 0. The van der Waals surface area contributed by atoms with E-state index >= 15 is 0 Å². The molecule has 0 unspecified atom stereocenters. The number of nitrogens with one attached hydrogen (secondary N) is 1. The number of anilines is 1. The summed E-state index contributed by atoms with van der Waals surface area (Å²) in [5.41, 5.74) is 0.928. The van der Waals surface area contributed by atoms with Gasteiger partial charge in [-0.25, -0.2) is 0 Å². The van der Waals surface area contributed by atoms with Crippen LogP contribution in [0.2, 0.25) is 0 Å². The fraction of sp³-hybridized carbons (Fsp3) is 0.300. The van der Waals surface area contributed by atoms with Crippen molar-refractivity contribution in [2.75, 3.05) is 25.3 Å². The maximum Gasteiger partial charge on any atom is 0.269 e. The molecule has 0 spiro atoms. The van der Waals surface area contributed by atoms with Gasteiger partial charge in [-0.05, 0) is 31.4 Å². The highest BCUT2D eigenvalue weighted by molar-refractivity contribution is 7.80. The Balaban J connectivity index is 2.21. The van der Waals surface area contributed by atoms with Crippen molar-refractivity contribution in [3.05, 3.63) is 34.4 Å². The molecule has 0 amide bonds. The van der Waals surface area contributed by atoms with E-state index in [1.807, 2.05) is 11.9 Å². The van der Waals surface area contributed by atoms with Crippen LogP contribution in [0.25, 0.3) is 0 Å². The molecule has 1 saturated heterocycles. The third-order valence-electron chi connectivity index (χ3n) is 2.50. The number of rotatable bonds is 2. The van der Waals surface area contributed by atoms with Crippen molar-refractivity contribution in [2.45, 2.75) is 0 Å². The summed E-state index contributed by atoms with van der Waals surface area (Å²) in [4.78, 5) is 14.1. The SMILES string of the molecule is CN1CNC(=S)N(c2ccc([N+](=O)[O-])cc2)C1. The van der Waals surface area contributed by atoms with E-state index in [2.05, 4.69) is 10.2 Å². The minimum Gasteiger partial charge on any atom is -0.349 e. The zero-order valence-corrected chi connectivity index (χ0v) is 10.1. The molecule has 0 atom stereocenters. The molecule has 6 nitrogen and oxygen atoms in total. The number of thiocarbonyl (C=S) groups is 1. The molecule has 1 aromatic rings. The van der Waals surface area contributed by atoms with E-state index in [4.69, 9.17) is 12.2 Å². The minimum atomic E-state index is -0.414. The number of non-ortho nitro benzene ring substituents is 1. The maximum absolute atomic E-state index is 10.6. The van der Waals surface area contributed by atoms with Crippen LogP contribution in [0.4, 0.5) is 11.4 Å². The van der Waals surface area contributed by atoms with E-state index in [1.54, 1.807) is 12.1 Å². The van der Waals surface area contributed by atoms with Gasteiger partial charge in [0, 0.05) is 17.8 Å². The highest BCUT2D eigenvalue weighted by Gasteiger charge is 2.19. The second-order valence-electron chi connectivity index (χ2n) is 3.84. The first-order valence-electron chi connectivity index (χ1n) is 5.06. The van der Waals surface area contributed by atoms with E-state index in [-0.39, 0.29) is 5.69 Å². The number of benzene rings is 1. The molecule has 1 fully saturated rings. The Morgan fingerprint density at radius 1 is 1.41 bits per heavy atom. The molecule has 2 rings (SSSR count). The van der Waals surface area contributed by atoms with Crippen molar-refractivity contribution in [1.82, 2.24) is 10.2 Å². The molecule has 7 heteroatoms. The topological polar surface area (TPSA) is 61.6 Å². The Morgan fingerprint density at radius 3 is 2.65 bits per heavy atom. The van der Waals surface area contributed by atoms with Crippen molar-refractivity contribution >= 4 is 28.7 Å². The van der Waals surface area contributed by atoms with Crippen molar-refractivity contribution in [3.8, 4) is 0 Å². The second-order valence-corrected chi connectivity index (χ2v) is 4.23. The van der Waals surface area contributed by atoms with Crippen LogP contribution in [0.1, 0.15) is 0 Å². The summed E-state index contributed by atoms with van der Waals surface area (Å²) in [6.07, 6.45) is 0. The summed E-state index contributed by atoms with van der Waals surface area (Å²) in [6.45, 7) is 1.38. The zero-order chi connectivity index (χ0) is 12.4. The monoisotopic (exact) mass is 252 g/mol. The van der Waals surface area contributed by atoms with Gasteiger partial charge in [-0.15, -0.1) is 0 Å². The van der Waals surface area contributed by atoms with Gasteiger partial charge in [0.25, 0.3) is 5.69 Å². The molecule has 0 bridgehead atoms. The first kappa shape index (κ1) is 11.7. The Labute approximate surface area is 104 Å². The number of hydrogen-bond acceptors (Lipinski definition) is 4. The number of nitro groups is 1. The lowest BCUT2D eigenvalue weighted by molar-refractivity contribution is -0.384. The van der Waals surface area contributed by atoms with Crippen molar-refractivity contribution in [1.29, 1.82) is 0 Å². The van der Waals surface area contributed by atoms with Crippen molar-refractivity contribution < 1.29 is 4.92 Å². The van der Waals surface area contributed by atoms with Crippen LogP contribution < -0.4 is 10.2 Å². The molecule has 0 saturated carbocycles. The van der Waals surface area contributed by atoms with E-state index in [1.165, 1.54) is 12.1 Å². The Bertz CT molecular complexity index is 448. The fourth-order valence-electron chi connectivity index (χ4n) is 1.61. The predicted octanol–water partition coefficient (Wildman–Crippen LogP) is 1.14. The maximum atomic E-state index is 10.6. The third kappa shape index (κ3) is 2.51. The number of nitrogens with zero attached hydrogens (tertiary/aromatic N) is 3. The van der Waals surface area contributed by atoms with Gasteiger partial charge in [-0.1, -0.05) is 0 Å². The lowest BCUT2D eigenvalue weighted by Crippen LogP contribution is -2.54. The van der Waals surface area contributed by atoms with Crippen molar-refractivity contribution in [3.63, 3.8) is 0 Å². The second kappa shape index (κ2) is 4.64. The summed E-state index contributed by atoms with van der Waals surface area (Å²) in [5, 5.41) is 14.3. The van der Waals surface area contributed by atoms with Gasteiger partial charge in [0.05, 0.1) is 18.3 Å². The molecule has 90 valence electrons. The fourth-order valence-corrected chi connectivity index (χ4v) is 1.83. The van der Waals surface area contributed by atoms with Crippen LogP contribution in [0, 0.1) is 10.1 Å². The summed E-state index contributed by atoms with van der Waals surface area (Å²) < 4.78 is 0. The average Bonchev–Trinajstić information content (AvgIpc) is 2.32. The molecule has 1 aliphatic rings. The molecule has 1 aliphatic heterocycles. The lowest BCUT2D eigenvalue weighted by atomic mass is 10.2. The Kier molecular flexibility index (Phi) is 3.21. The molecule has 1 heterocycles. The van der Waals surface area contributed by atoms with Gasteiger partial charge in [-0.2, -0.15) is 0 Å². The third-order valence-corrected chi connectivity index (χ3v) is 2.87. The minimum absolute atomic E-state index is 0.0815. The Morgan fingerprint density at radius 2 is 2.06 bits per heavy atom. The molecule has 0 aromatic heterocycles. The summed E-state index contributed by atoms with van der Waals surface area (Å²) in [7, 11) is 1.97. The molecular formula is C10H12N4O2S. The number of hydrogen-bond donors (Lipinski definition) is 1. The highest BCUT2D eigenvalue weighted by atomic mass is 32.1. The first-order chi connectivity index (χ1) is 8.08. The smallest absolute Gasteiger partial charge is 0.269 e. The largest absolute Gasteiger partial charge is 0.349 e. The van der Waals surface area contributed by atoms with Gasteiger partial charge in [0.2, 0.25) is 0 Å². The molecule has 1 N–H and O–H groups in total. The molecular weight excluding hydrogens is 240 g/mol. The Hall–Kier alpha value is -1.73. The first-order valence-corrected chi connectivity index (χ1v) is 5.47. The quantitative estimate of drug-likeness (QED) is 0.484. The van der Waals surface area contributed by atoms with Crippen LogP contribution in [0.15, 0.2) is 24.3 Å². The standard InChI is InChI=1S/C10H12N4O2S/c1-12-6-11-10(17)13(7-12)8-2-4-9(5-3-8)14(15)16/h2-5H,6-7H2,1H3,(H,11,17). The van der Waals surface area contributed by atoms with Crippen LogP contribution in [0.3, 0.4) is 0 Å². The van der Waals surface area contributed by atoms with Crippen LogP contribution >= 0.6 is 12.2 Å². The van der Waals surface area contributed by atoms with Gasteiger partial charge < -0.3 is 10.2 Å². The number of nitro benzene ring substituents is 1. The molecule has 0 radical (unpaired) electrons. The molecule has 1 aromatic carbocycles. The van der Waals surface area contributed by atoms with Crippen molar-refractivity contribution in [2.24, 2.45) is 0 Å². The summed E-state index contributed by atoms with van der Waals surface area (Å²) >= 11 is 5.20. The lowest BCUT2D eigenvalue weighted by Gasteiger charge is -2.35. The molecule has 17 heavy (non-hydrogen) atoms. The molecule has 0 aliphatic carbocycles. The van der Waals surface area contributed by atoms with Crippen LogP contribution in [-0.4, -0.2) is 35.3 Å². The van der Waals surface area contributed by atoms with Gasteiger partial charge in [0.15, 0.2) is 5.11 Å². The van der Waals surface area contributed by atoms with Gasteiger partial charge in [0.1, 0.15) is 0 Å².